The van der Waals surface area contributed by atoms with Crippen LogP contribution in [0, 0.1) is 0 Å². The number of benzene rings is 2. The number of aliphatic hydroxyl groups excluding tert-OH is 1. The van der Waals surface area contributed by atoms with E-state index in [2.05, 4.69) is 15.2 Å². The molecule has 2 aromatic heterocycles. The molecule has 0 spiro atoms. The monoisotopic (exact) mass is 706 g/mol. The van der Waals surface area contributed by atoms with Crippen LogP contribution in [0.15, 0.2) is 48.8 Å². The highest BCUT2D eigenvalue weighted by Gasteiger charge is 2.32. The molecular weight excluding hydrogens is 667 g/mol. The van der Waals surface area contributed by atoms with Crippen LogP contribution in [0.4, 0.5) is 0 Å². The summed E-state index contributed by atoms with van der Waals surface area (Å²) in [4.78, 5) is 32.6. The van der Waals surface area contributed by atoms with Crippen LogP contribution >= 0.6 is 23.2 Å². The van der Waals surface area contributed by atoms with Gasteiger partial charge in [0.05, 0.1) is 60.8 Å². The molecular formula is C36H40Cl2N6O5. The average Bonchev–Trinajstić information content (AvgIpc) is 3.73. The zero-order valence-corrected chi connectivity index (χ0v) is 29.3. The Morgan fingerprint density at radius 3 is 2.04 bits per heavy atom. The van der Waals surface area contributed by atoms with Crippen molar-refractivity contribution < 1.29 is 24.1 Å². The van der Waals surface area contributed by atoms with Gasteiger partial charge in [0.15, 0.2) is 0 Å². The molecule has 3 atom stereocenters. The molecule has 11 nitrogen and oxygen atoms in total. The fraction of sp³-hybridized carbons (Fsp3) is 0.417. The minimum absolute atomic E-state index is 0.0224. The number of nitrogens with one attached hydrogen (secondary N) is 1. The maximum absolute atomic E-state index is 11.5. The van der Waals surface area contributed by atoms with Crippen molar-refractivity contribution in [3.05, 3.63) is 70.2 Å². The molecule has 2 aromatic carbocycles. The Bertz CT molecular complexity index is 1810. The third-order valence-corrected chi connectivity index (χ3v) is 10.1. The smallest absolute Gasteiger partial charge is 0.237 e. The van der Waals surface area contributed by atoms with Gasteiger partial charge in [-0.1, -0.05) is 59.6 Å². The second-order valence-electron chi connectivity index (χ2n) is 12.3. The normalized spacial score (nSPS) is 19.3. The minimum Gasteiger partial charge on any atom is -0.480 e. The SMILES string of the molecule is COc1nc(-c2cccc(-c3cccc(-c4cnc(CN5C[C@@H](OC)C[C@H]5CO)c(OC)n4)c3Cl)c2Cl)cnc1CCC[C@@H]1CCC(=O)N1. The van der Waals surface area contributed by atoms with Crippen molar-refractivity contribution in [2.45, 2.75) is 63.3 Å². The Morgan fingerprint density at radius 1 is 0.898 bits per heavy atom. The lowest BCUT2D eigenvalue weighted by atomic mass is 9.98. The fourth-order valence-electron chi connectivity index (χ4n) is 6.63. The first-order valence-corrected chi connectivity index (χ1v) is 17.1. The molecule has 2 saturated heterocycles. The van der Waals surface area contributed by atoms with E-state index in [9.17, 15) is 9.90 Å². The standard InChI is InChI=1S/C36H40Cl2N6O5/c1-47-23-15-22(20-45)44(18-23)19-31-36(49-3)43-30(17-40-31)27-11-6-9-25(34(27)38)24-8-5-10-26(33(24)37)29-16-39-28(35(42-29)48-2)12-4-7-21-13-14-32(46)41-21/h5-6,8-11,16-17,21-23,45H,4,7,12-15,18-20H2,1-3H3,(H,41,46)/t21-,22+,23+/m1/s1. The van der Waals surface area contributed by atoms with Gasteiger partial charge in [0, 0.05) is 61.0 Å². The van der Waals surface area contributed by atoms with E-state index in [1.807, 2.05) is 36.4 Å². The predicted molar refractivity (Wildman–Crippen MR) is 188 cm³/mol. The molecule has 2 aliphatic heterocycles. The number of carbonyl (C=O) groups is 1. The molecule has 258 valence electrons. The number of carbonyl (C=O) groups excluding carboxylic acids is 1. The largest absolute Gasteiger partial charge is 0.480 e. The lowest BCUT2D eigenvalue weighted by molar-refractivity contribution is -0.119. The van der Waals surface area contributed by atoms with E-state index in [1.165, 1.54) is 0 Å². The van der Waals surface area contributed by atoms with Crippen molar-refractivity contribution in [3.8, 4) is 45.4 Å². The number of aryl methyl sites for hydroxylation is 1. The molecule has 13 heteroatoms. The van der Waals surface area contributed by atoms with Gasteiger partial charge in [0.2, 0.25) is 17.7 Å². The molecule has 4 heterocycles. The summed E-state index contributed by atoms with van der Waals surface area (Å²) in [5.74, 6) is 0.952. The van der Waals surface area contributed by atoms with Gasteiger partial charge in [-0.3, -0.25) is 19.7 Å². The zero-order chi connectivity index (χ0) is 34.5. The van der Waals surface area contributed by atoms with Gasteiger partial charge in [-0.15, -0.1) is 0 Å². The van der Waals surface area contributed by atoms with Gasteiger partial charge in [0.1, 0.15) is 11.4 Å². The number of ether oxygens (including phenoxy) is 3. The maximum Gasteiger partial charge on any atom is 0.237 e. The van der Waals surface area contributed by atoms with Crippen LogP contribution in [0.2, 0.25) is 10.0 Å². The lowest BCUT2D eigenvalue weighted by Gasteiger charge is -2.22. The first-order chi connectivity index (χ1) is 23.8. The maximum atomic E-state index is 11.5. The summed E-state index contributed by atoms with van der Waals surface area (Å²) in [6.45, 7) is 1.19. The Kier molecular flexibility index (Phi) is 11.3. The van der Waals surface area contributed by atoms with Gasteiger partial charge in [-0.2, -0.15) is 0 Å². The van der Waals surface area contributed by atoms with Gasteiger partial charge in [0.25, 0.3) is 0 Å². The molecule has 2 fully saturated rings. The fourth-order valence-corrected chi connectivity index (χ4v) is 7.28. The third kappa shape index (κ3) is 7.66. The minimum atomic E-state index is -0.0224. The molecule has 2 N–H and O–H groups in total. The molecule has 0 aliphatic carbocycles. The number of hydrogen-bond acceptors (Lipinski definition) is 10. The first kappa shape index (κ1) is 35.0. The Morgan fingerprint density at radius 2 is 1.49 bits per heavy atom. The third-order valence-electron chi connectivity index (χ3n) is 9.29. The van der Waals surface area contributed by atoms with E-state index >= 15 is 0 Å². The van der Waals surface area contributed by atoms with Gasteiger partial charge in [-0.05, 0) is 32.1 Å². The number of aromatic nitrogens is 4. The first-order valence-electron chi connectivity index (χ1n) is 16.4. The van der Waals surface area contributed by atoms with Crippen LogP contribution in [-0.4, -0.2) is 88.5 Å². The molecule has 0 unspecified atom stereocenters. The summed E-state index contributed by atoms with van der Waals surface area (Å²) in [6, 6.07) is 11.6. The molecule has 1 amide bonds. The van der Waals surface area contributed by atoms with E-state index in [4.69, 9.17) is 52.4 Å². The summed E-state index contributed by atoms with van der Waals surface area (Å²) in [7, 11) is 4.83. The number of methoxy groups -OCH3 is 3. The number of rotatable bonds is 13. The highest BCUT2D eigenvalue weighted by atomic mass is 35.5. The van der Waals surface area contributed by atoms with Gasteiger partial charge >= 0.3 is 0 Å². The lowest BCUT2D eigenvalue weighted by Crippen LogP contribution is -2.32. The van der Waals surface area contributed by atoms with E-state index in [-0.39, 0.29) is 30.7 Å². The topological polar surface area (TPSA) is 132 Å². The number of halogens is 2. The predicted octanol–water partition coefficient (Wildman–Crippen LogP) is 5.77. The molecule has 0 radical (unpaired) electrons. The van der Waals surface area contributed by atoms with Crippen LogP contribution in [0.5, 0.6) is 11.8 Å². The quantitative estimate of drug-likeness (QED) is 0.177. The highest BCUT2D eigenvalue weighted by molar-refractivity contribution is 6.39. The van der Waals surface area contributed by atoms with Crippen molar-refractivity contribution in [1.29, 1.82) is 0 Å². The van der Waals surface area contributed by atoms with E-state index in [0.29, 0.717) is 75.9 Å². The Hall–Kier alpha value is -3.87. The second-order valence-corrected chi connectivity index (χ2v) is 13.1. The summed E-state index contributed by atoms with van der Waals surface area (Å²) in [5, 5.41) is 13.8. The Labute approximate surface area is 296 Å². The molecule has 0 saturated carbocycles. The van der Waals surface area contributed by atoms with E-state index < -0.39 is 0 Å². The summed E-state index contributed by atoms with van der Waals surface area (Å²) >= 11 is 14.1. The van der Waals surface area contributed by atoms with Crippen molar-refractivity contribution >= 4 is 29.1 Å². The highest BCUT2D eigenvalue weighted by Crippen LogP contribution is 2.42. The summed E-state index contributed by atoms with van der Waals surface area (Å²) in [6.07, 6.45) is 8.09. The molecule has 0 bridgehead atoms. The van der Waals surface area contributed by atoms with Crippen LogP contribution in [0.25, 0.3) is 33.6 Å². The van der Waals surface area contributed by atoms with E-state index in [1.54, 1.807) is 33.7 Å². The van der Waals surface area contributed by atoms with Crippen molar-refractivity contribution in [3.63, 3.8) is 0 Å². The van der Waals surface area contributed by atoms with Crippen LogP contribution < -0.4 is 14.8 Å². The molecule has 49 heavy (non-hydrogen) atoms. The van der Waals surface area contributed by atoms with Crippen molar-refractivity contribution in [1.82, 2.24) is 30.2 Å². The summed E-state index contributed by atoms with van der Waals surface area (Å²) in [5.41, 5.74) is 5.36. The van der Waals surface area contributed by atoms with E-state index in [0.717, 1.165) is 42.5 Å². The van der Waals surface area contributed by atoms with Gasteiger partial charge in [-0.25, -0.2) is 9.97 Å². The van der Waals surface area contributed by atoms with Crippen LogP contribution in [0.1, 0.15) is 43.5 Å². The number of aliphatic hydroxyl groups is 1. The van der Waals surface area contributed by atoms with Crippen LogP contribution in [-0.2, 0) is 22.5 Å². The Balaban J connectivity index is 1.24. The second kappa shape index (κ2) is 15.8. The van der Waals surface area contributed by atoms with Crippen molar-refractivity contribution in [2.75, 3.05) is 34.5 Å². The number of hydrogen-bond donors (Lipinski definition) is 2. The molecule has 4 aromatic rings. The summed E-state index contributed by atoms with van der Waals surface area (Å²) < 4.78 is 16.8. The number of likely N-dealkylation sites (tertiary alicyclic amines) is 1. The van der Waals surface area contributed by atoms with Crippen molar-refractivity contribution in [2.24, 2.45) is 0 Å². The average molecular weight is 708 g/mol. The zero-order valence-electron chi connectivity index (χ0n) is 27.8. The molecule has 2 aliphatic rings. The van der Waals surface area contributed by atoms with Gasteiger partial charge < -0.3 is 24.6 Å². The number of amides is 1. The number of nitrogens with zero attached hydrogens (tertiary/aromatic N) is 5. The van der Waals surface area contributed by atoms with Crippen LogP contribution in [0.3, 0.4) is 0 Å². The molecule has 6 rings (SSSR count).